The maximum Gasteiger partial charge on any atom is 0.330 e. The highest BCUT2D eigenvalue weighted by Crippen LogP contribution is 2.07. The zero-order valence-corrected chi connectivity index (χ0v) is 9.69. The minimum absolute atomic E-state index is 0.116. The molecule has 0 heterocycles. The zero-order valence-electron chi connectivity index (χ0n) is 9.69. The molecule has 0 atom stereocenters. The summed E-state index contributed by atoms with van der Waals surface area (Å²) in [4.78, 5) is 10.7. The van der Waals surface area contributed by atoms with E-state index in [1.165, 1.54) is 13.2 Å². The van der Waals surface area contributed by atoms with Gasteiger partial charge in [0.1, 0.15) is 0 Å². The first kappa shape index (κ1) is 14.1. The van der Waals surface area contributed by atoms with E-state index in [1.807, 2.05) is 6.08 Å². The summed E-state index contributed by atoms with van der Waals surface area (Å²) in [5, 5.41) is 0. The summed E-state index contributed by atoms with van der Waals surface area (Å²) in [6, 6.07) is 0. The highest BCUT2D eigenvalue weighted by Gasteiger charge is 2.02. The molecule has 15 heavy (non-hydrogen) atoms. The van der Waals surface area contributed by atoms with Crippen molar-refractivity contribution in [2.45, 2.75) is 32.0 Å². The van der Waals surface area contributed by atoms with E-state index < -0.39 is 0 Å². The van der Waals surface area contributed by atoms with Crippen LogP contribution in [0.4, 0.5) is 0 Å². The van der Waals surface area contributed by atoms with Crippen LogP contribution in [0.25, 0.3) is 0 Å². The molecule has 4 heteroatoms. The number of hydrogen-bond acceptors (Lipinski definition) is 4. The molecule has 0 rings (SSSR count). The van der Waals surface area contributed by atoms with E-state index in [0.717, 1.165) is 25.7 Å². The van der Waals surface area contributed by atoms with E-state index in [2.05, 4.69) is 4.74 Å². The molecule has 4 nitrogen and oxygen atoms in total. The summed E-state index contributed by atoms with van der Waals surface area (Å²) in [7, 11) is 4.63. The Bertz CT molecular complexity index is 185. The van der Waals surface area contributed by atoms with E-state index in [1.54, 1.807) is 14.2 Å². The number of allylic oxidation sites excluding steroid dienone is 1. The normalized spacial score (nSPS) is 11.2. The van der Waals surface area contributed by atoms with E-state index in [4.69, 9.17) is 9.47 Å². The van der Waals surface area contributed by atoms with Crippen LogP contribution in [0.5, 0.6) is 0 Å². The van der Waals surface area contributed by atoms with Gasteiger partial charge in [0.25, 0.3) is 0 Å². The van der Waals surface area contributed by atoms with Crippen LogP contribution in [0, 0.1) is 0 Å². The van der Waals surface area contributed by atoms with Gasteiger partial charge in [0.05, 0.1) is 7.11 Å². The number of carbonyl (C=O) groups is 1. The van der Waals surface area contributed by atoms with Gasteiger partial charge < -0.3 is 14.2 Å². The van der Waals surface area contributed by atoms with Crippen LogP contribution in [0.2, 0.25) is 0 Å². The Morgan fingerprint density at radius 2 is 1.87 bits per heavy atom. The number of unbranched alkanes of at least 4 members (excludes halogenated alkanes) is 2. The summed E-state index contributed by atoms with van der Waals surface area (Å²) in [6.07, 6.45) is 6.92. The van der Waals surface area contributed by atoms with Gasteiger partial charge in [-0.1, -0.05) is 6.08 Å². The van der Waals surface area contributed by atoms with Gasteiger partial charge in [-0.05, 0) is 25.7 Å². The third-order valence-electron chi connectivity index (χ3n) is 2.04. The zero-order chi connectivity index (χ0) is 11.5. The lowest BCUT2D eigenvalue weighted by molar-refractivity contribution is -0.134. The molecule has 0 aromatic heterocycles. The Labute approximate surface area is 91.2 Å². The highest BCUT2D eigenvalue weighted by molar-refractivity contribution is 5.81. The highest BCUT2D eigenvalue weighted by atomic mass is 16.7. The number of rotatable bonds is 8. The first-order valence-corrected chi connectivity index (χ1v) is 5.04. The first-order valence-electron chi connectivity index (χ1n) is 5.04. The van der Waals surface area contributed by atoms with Crippen LogP contribution >= 0.6 is 0 Å². The topological polar surface area (TPSA) is 44.8 Å². The molecule has 0 radical (unpaired) electrons. The van der Waals surface area contributed by atoms with Crippen LogP contribution in [0.15, 0.2) is 12.2 Å². The minimum Gasteiger partial charge on any atom is -0.466 e. The molecule has 0 saturated heterocycles. The van der Waals surface area contributed by atoms with Crippen LogP contribution in [0.1, 0.15) is 25.7 Å². The van der Waals surface area contributed by atoms with Gasteiger partial charge in [-0.15, -0.1) is 0 Å². The Kier molecular flexibility index (Phi) is 9.11. The Hall–Kier alpha value is -0.870. The summed E-state index contributed by atoms with van der Waals surface area (Å²) in [5.74, 6) is -0.304. The molecule has 0 saturated carbocycles. The van der Waals surface area contributed by atoms with Gasteiger partial charge in [0, 0.05) is 20.3 Å². The van der Waals surface area contributed by atoms with Crippen molar-refractivity contribution in [3.05, 3.63) is 12.2 Å². The first-order chi connectivity index (χ1) is 7.24. The fourth-order valence-electron chi connectivity index (χ4n) is 1.15. The lowest BCUT2D eigenvalue weighted by Crippen LogP contribution is -2.12. The van der Waals surface area contributed by atoms with Gasteiger partial charge in [0.2, 0.25) is 0 Å². The summed E-state index contributed by atoms with van der Waals surface area (Å²) in [5.41, 5.74) is 0. The second-order valence-electron chi connectivity index (χ2n) is 3.11. The molecule has 0 spiro atoms. The third-order valence-corrected chi connectivity index (χ3v) is 2.04. The molecular weight excluding hydrogens is 196 g/mol. The van der Waals surface area contributed by atoms with E-state index >= 15 is 0 Å². The molecule has 0 aliphatic carbocycles. The maximum absolute atomic E-state index is 10.7. The molecular formula is C11H20O4. The number of hydrogen-bond donors (Lipinski definition) is 0. The Morgan fingerprint density at radius 1 is 1.20 bits per heavy atom. The average molecular weight is 216 g/mol. The Morgan fingerprint density at radius 3 is 2.40 bits per heavy atom. The second-order valence-corrected chi connectivity index (χ2v) is 3.11. The average Bonchev–Trinajstić information content (AvgIpc) is 2.28. The molecule has 0 unspecified atom stereocenters. The quantitative estimate of drug-likeness (QED) is 0.269. The molecule has 88 valence electrons. The van der Waals surface area contributed by atoms with Crippen molar-refractivity contribution in [1.82, 2.24) is 0 Å². The number of esters is 1. The fraction of sp³-hybridized carbons (Fsp3) is 0.727. The van der Waals surface area contributed by atoms with Crippen molar-refractivity contribution < 1.29 is 19.0 Å². The lowest BCUT2D eigenvalue weighted by atomic mass is 10.2. The third kappa shape index (κ3) is 8.15. The number of methoxy groups -OCH3 is 3. The molecule has 0 aromatic carbocycles. The SMILES string of the molecule is COC(=O)/C=C/CCCCC(OC)OC. The molecule has 0 aromatic rings. The molecule has 0 aliphatic heterocycles. The summed E-state index contributed by atoms with van der Waals surface area (Å²) in [6.45, 7) is 0. The van der Waals surface area contributed by atoms with Crippen LogP contribution < -0.4 is 0 Å². The largest absolute Gasteiger partial charge is 0.466 e. The van der Waals surface area contributed by atoms with Gasteiger partial charge in [0.15, 0.2) is 6.29 Å². The molecule has 0 bridgehead atoms. The minimum atomic E-state index is -0.304. The maximum atomic E-state index is 10.7. The Balaban J connectivity index is 3.38. The van der Waals surface area contributed by atoms with Crippen molar-refractivity contribution in [3.8, 4) is 0 Å². The lowest BCUT2D eigenvalue weighted by Gasteiger charge is -2.11. The van der Waals surface area contributed by atoms with Gasteiger partial charge in [-0.3, -0.25) is 0 Å². The van der Waals surface area contributed by atoms with Crippen molar-refractivity contribution in [2.75, 3.05) is 21.3 Å². The number of ether oxygens (including phenoxy) is 3. The molecule has 0 amide bonds. The van der Waals surface area contributed by atoms with Gasteiger partial charge in [-0.25, -0.2) is 4.79 Å². The smallest absolute Gasteiger partial charge is 0.330 e. The predicted molar refractivity (Wildman–Crippen MR) is 57.4 cm³/mol. The summed E-state index contributed by atoms with van der Waals surface area (Å²) < 4.78 is 14.6. The van der Waals surface area contributed by atoms with Crippen LogP contribution in [0.3, 0.4) is 0 Å². The predicted octanol–water partition coefficient (Wildman–Crippen LogP) is 1.89. The van der Waals surface area contributed by atoms with Crippen molar-refractivity contribution in [3.63, 3.8) is 0 Å². The van der Waals surface area contributed by atoms with Crippen molar-refractivity contribution >= 4 is 5.97 Å². The molecule has 0 N–H and O–H groups in total. The molecule has 0 aliphatic rings. The van der Waals surface area contributed by atoms with Gasteiger partial charge in [-0.2, -0.15) is 0 Å². The number of carbonyl (C=O) groups excluding carboxylic acids is 1. The van der Waals surface area contributed by atoms with E-state index in [9.17, 15) is 4.79 Å². The molecule has 0 fully saturated rings. The van der Waals surface area contributed by atoms with Crippen molar-refractivity contribution in [2.24, 2.45) is 0 Å². The van der Waals surface area contributed by atoms with Crippen LogP contribution in [-0.4, -0.2) is 33.6 Å². The van der Waals surface area contributed by atoms with Crippen molar-refractivity contribution in [1.29, 1.82) is 0 Å². The van der Waals surface area contributed by atoms with E-state index in [0.29, 0.717) is 0 Å². The second kappa shape index (κ2) is 9.68. The van der Waals surface area contributed by atoms with E-state index in [-0.39, 0.29) is 12.3 Å². The van der Waals surface area contributed by atoms with Crippen LogP contribution in [-0.2, 0) is 19.0 Å². The van der Waals surface area contributed by atoms with Gasteiger partial charge >= 0.3 is 5.97 Å². The summed E-state index contributed by atoms with van der Waals surface area (Å²) >= 11 is 0. The fourth-order valence-corrected chi connectivity index (χ4v) is 1.15. The standard InChI is InChI=1S/C11H20O4/c1-13-10(12)8-6-4-5-7-9-11(14-2)15-3/h6,8,11H,4-5,7,9H2,1-3H3/b8-6+. The monoisotopic (exact) mass is 216 g/mol.